The van der Waals surface area contributed by atoms with Gasteiger partial charge in [-0.25, -0.2) is 0 Å². The maximum absolute atomic E-state index is 10.1. The van der Waals surface area contributed by atoms with Crippen LogP contribution in [0.4, 0.5) is 0 Å². The Morgan fingerprint density at radius 1 is 0.791 bits per heavy atom. The van der Waals surface area contributed by atoms with Crippen LogP contribution in [-0.2, 0) is 0 Å². The summed E-state index contributed by atoms with van der Waals surface area (Å²) in [7, 11) is 0. The van der Waals surface area contributed by atoms with Crippen LogP contribution in [0.15, 0.2) is 130 Å². The largest absolute Gasteiger partial charge is 0.393 e. The van der Waals surface area contributed by atoms with Crippen molar-refractivity contribution >= 4 is 0 Å². The van der Waals surface area contributed by atoms with Crippen molar-refractivity contribution in [2.24, 2.45) is 16.7 Å². The van der Waals surface area contributed by atoms with E-state index in [1.807, 2.05) is 48.6 Å². The molecule has 2 aliphatic carbocycles. The first-order valence-electron chi connectivity index (χ1n) is 15.6. The summed E-state index contributed by atoms with van der Waals surface area (Å²) in [4.78, 5) is 0. The topological polar surface area (TPSA) is 60.7 Å². The van der Waals surface area contributed by atoms with Crippen molar-refractivity contribution in [2.45, 2.75) is 93.8 Å². The van der Waals surface area contributed by atoms with Gasteiger partial charge in [0.15, 0.2) is 0 Å². The lowest BCUT2D eigenvalue weighted by atomic mass is 9.67. The molecular formula is C40H56O3. The van der Waals surface area contributed by atoms with E-state index in [1.54, 1.807) is 0 Å². The first-order chi connectivity index (χ1) is 20.1. The SMILES string of the molecule is CC(C=CC=C(C)C=CC1=C(C)CC(O)CC1(C)C)=CC=CC=C(C=CC=C(C)C=CC1C(C)=CC(O)CC1(C)C)CO. The van der Waals surface area contributed by atoms with Crippen molar-refractivity contribution in [2.75, 3.05) is 6.61 Å². The molecule has 2 rings (SSSR count). The molecule has 0 heterocycles. The molecule has 0 fully saturated rings. The van der Waals surface area contributed by atoms with E-state index in [0.29, 0.717) is 5.92 Å². The average Bonchev–Trinajstić information content (AvgIpc) is 2.87. The Kier molecular flexibility index (Phi) is 14.1. The third kappa shape index (κ3) is 12.3. The van der Waals surface area contributed by atoms with Crippen LogP contribution >= 0.6 is 0 Å². The fourth-order valence-electron chi connectivity index (χ4n) is 6.19. The van der Waals surface area contributed by atoms with Gasteiger partial charge in [0.25, 0.3) is 0 Å². The normalized spacial score (nSPS) is 26.2. The molecule has 2 aliphatic rings. The first kappa shape index (κ1) is 36.2. The molecule has 0 radical (unpaired) electrons. The van der Waals surface area contributed by atoms with Gasteiger partial charge in [0, 0.05) is 5.92 Å². The highest BCUT2D eigenvalue weighted by molar-refractivity contribution is 5.38. The van der Waals surface area contributed by atoms with E-state index in [9.17, 15) is 15.3 Å². The Morgan fingerprint density at radius 3 is 2.00 bits per heavy atom. The quantitative estimate of drug-likeness (QED) is 0.167. The second-order valence-corrected chi connectivity index (χ2v) is 13.7. The maximum atomic E-state index is 10.1. The summed E-state index contributed by atoms with van der Waals surface area (Å²) in [6.07, 6.45) is 32.6. The van der Waals surface area contributed by atoms with Crippen LogP contribution in [0.25, 0.3) is 0 Å². The van der Waals surface area contributed by atoms with Gasteiger partial charge < -0.3 is 15.3 Å². The lowest BCUT2D eigenvalue weighted by molar-refractivity contribution is 0.116. The molecule has 3 N–H and O–H groups in total. The molecule has 0 aliphatic heterocycles. The minimum atomic E-state index is -0.355. The van der Waals surface area contributed by atoms with Crippen LogP contribution < -0.4 is 0 Å². The molecule has 234 valence electrons. The van der Waals surface area contributed by atoms with Crippen LogP contribution in [0.3, 0.4) is 0 Å². The number of aliphatic hydroxyl groups is 3. The van der Waals surface area contributed by atoms with Crippen molar-refractivity contribution in [3.05, 3.63) is 130 Å². The lowest BCUT2D eigenvalue weighted by Crippen LogP contribution is -2.32. The van der Waals surface area contributed by atoms with E-state index in [4.69, 9.17) is 0 Å². The summed E-state index contributed by atoms with van der Waals surface area (Å²) < 4.78 is 0. The average molecular weight is 585 g/mol. The molecule has 0 spiro atoms. The summed E-state index contributed by atoms with van der Waals surface area (Å²) in [6.45, 7) is 19.3. The van der Waals surface area contributed by atoms with Gasteiger partial charge in [-0.3, -0.25) is 0 Å². The molecule has 0 saturated heterocycles. The van der Waals surface area contributed by atoms with Crippen LogP contribution in [0.1, 0.15) is 81.6 Å². The van der Waals surface area contributed by atoms with E-state index >= 15 is 0 Å². The molecule has 3 unspecified atom stereocenters. The Morgan fingerprint density at radius 2 is 1.37 bits per heavy atom. The summed E-state index contributed by atoms with van der Waals surface area (Å²) in [5.74, 6) is 0.308. The molecular weight excluding hydrogens is 528 g/mol. The molecule has 0 aromatic rings. The third-order valence-electron chi connectivity index (χ3n) is 8.41. The second kappa shape index (κ2) is 16.8. The zero-order valence-electron chi connectivity index (χ0n) is 28.1. The number of aliphatic hydroxyl groups excluding tert-OH is 3. The molecule has 0 bridgehead atoms. The lowest BCUT2D eigenvalue weighted by Gasteiger charge is -2.38. The number of rotatable bonds is 11. The fraction of sp³-hybridized carbons (Fsp3) is 0.450. The van der Waals surface area contributed by atoms with Gasteiger partial charge in [-0.2, -0.15) is 0 Å². The molecule has 0 aromatic heterocycles. The molecule has 3 nitrogen and oxygen atoms in total. The van der Waals surface area contributed by atoms with Crippen molar-refractivity contribution in [1.82, 2.24) is 0 Å². The Balaban J connectivity index is 1.94. The molecule has 0 amide bonds. The maximum Gasteiger partial charge on any atom is 0.0729 e. The van der Waals surface area contributed by atoms with Gasteiger partial charge >= 0.3 is 0 Å². The van der Waals surface area contributed by atoms with Crippen LogP contribution in [0, 0.1) is 16.7 Å². The monoisotopic (exact) mass is 584 g/mol. The van der Waals surface area contributed by atoms with E-state index in [-0.39, 0.29) is 29.6 Å². The Hall–Kier alpha value is -2.98. The minimum absolute atomic E-state index is 0.0111. The minimum Gasteiger partial charge on any atom is -0.393 e. The Bertz CT molecular complexity index is 1290. The van der Waals surface area contributed by atoms with E-state index < -0.39 is 0 Å². The third-order valence-corrected chi connectivity index (χ3v) is 8.41. The predicted molar refractivity (Wildman–Crippen MR) is 186 cm³/mol. The fourth-order valence-corrected chi connectivity index (χ4v) is 6.19. The first-order valence-corrected chi connectivity index (χ1v) is 15.6. The zero-order chi connectivity index (χ0) is 32.2. The molecule has 0 saturated carbocycles. The van der Waals surface area contributed by atoms with Crippen molar-refractivity contribution in [3.8, 4) is 0 Å². The van der Waals surface area contributed by atoms with Crippen LogP contribution in [0.2, 0.25) is 0 Å². The summed E-state index contributed by atoms with van der Waals surface area (Å²) in [5, 5.41) is 29.9. The van der Waals surface area contributed by atoms with Gasteiger partial charge in [-0.1, -0.05) is 147 Å². The van der Waals surface area contributed by atoms with Gasteiger partial charge in [-0.05, 0) is 75.9 Å². The summed E-state index contributed by atoms with van der Waals surface area (Å²) >= 11 is 0. The van der Waals surface area contributed by atoms with Crippen LogP contribution in [0.5, 0.6) is 0 Å². The molecule has 43 heavy (non-hydrogen) atoms. The molecule has 0 aromatic carbocycles. The highest BCUT2D eigenvalue weighted by atomic mass is 16.3. The van der Waals surface area contributed by atoms with Crippen molar-refractivity contribution < 1.29 is 15.3 Å². The van der Waals surface area contributed by atoms with Crippen LogP contribution in [-0.4, -0.2) is 34.1 Å². The van der Waals surface area contributed by atoms with Gasteiger partial charge in [0.2, 0.25) is 0 Å². The standard InChI is InChI=1S/C40H56O3/c1-29(15-12-16-30(2)20-22-37-32(4)24-35(42)26-39(37,6)7)14-10-11-18-34(28-41)19-13-17-31(3)21-23-38-33(5)25-36(43)27-40(38,8)9/h10-23,25,35-36,38,41-43H,24,26-28H2,1-9H3. The van der Waals surface area contributed by atoms with Gasteiger partial charge in [0.1, 0.15) is 0 Å². The Labute approximate surface area is 262 Å². The number of allylic oxidation sites excluding steroid dienone is 18. The number of hydrogen-bond acceptors (Lipinski definition) is 3. The second-order valence-electron chi connectivity index (χ2n) is 13.7. The predicted octanol–water partition coefficient (Wildman–Crippen LogP) is 9.38. The smallest absolute Gasteiger partial charge is 0.0729 e. The zero-order valence-corrected chi connectivity index (χ0v) is 28.1. The summed E-state index contributed by atoms with van der Waals surface area (Å²) in [5.41, 5.74) is 8.10. The molecule has 3 atom stereocenters. The molecule has 3 heteroatoms. The summed E-state index contributed by atoms with van der Waals surface area (Å²) in [6, 6.07) is 0. The van der Waals surface area contributed by atoms with E-state index in [2.05, 4.69) is 105 Å². The number of hydrogen-bond donors (Lipinski definition) is 3. The van der Waals surface area contributed by atoms with E-state index in [0.717, 1.165) is 36.0 Å². The van der Waals surface area contributed by atoms with Gasteiger partial charge in [-0.15, -0.1) is 0 Å². The van der Waals surface area contributed by atoms with Gasteiger partial charge in [0.05, 0.1) is 18.8 Å². The van der Waals surface area contributed by atoms with Crippen molar-refractivity contribution in [1.29, 1.82) is 0 Å². The van der Waals surface area contributed by atoms with E-state index in [1.165, 1.54) is 22.3 Å². The highest BCUT2D eigenvalue weighted by Crippen LogP contribution is 2.42. The van der Waals surface area contributed by atoms with Crippen molar-refractivity contribution in [3.63, 3.8) is 0 Å². The highest BCUT2D eigenvalue weighted by Gasteiger charge is 2.34.